The second-order valence-corrected chi connectivity index (χ2v) is 12.7. The number of aliphatic hydroxyl groups is 1. The van der Waals surface area contributed by atoms with Gasteiger partial charge in [0.25, 0.3) is 0 Å². The van der Waals surface area contributed by atoms with Gasteiger partial charge in [-0.05, 0) is 106 Å². The van der Waals surface area contributed by atoms with Crippen molar-refractivity contribution in [3.05, 3.63) is 23.8 Å². The van der Waals surface area contributed by atoms with E-state index in [1.807, 2.05) is 19.9 Å². The lowest BCUT2D eigenvalue weighted by molar-refractivity contribution is -0.148. The molecule has 4 aliphatic rings. The molecule has 1 N–H and O–H groups in total. The minimum absolute atomic E-state index is 0.0888. The fourth-order valence-corrected chi connectivity index (χ4v) is 8.67. The number of carbonyl (C=O) groups excluding carboxylic acids is 1. The standard InChI is InChI=1S/C29H46O3/c1-19(8-7-15-27(3,4)31)24-11-12-25-23-10-9-21-18-22(32-20(2)30)13-16-28(21,5)26(23)14-17-29(24,25)6/h7,9,15,19,22-26,31H,8,10-14,16-18H2,1-6H3. The molecule has 0 aromatic carbocycles. The molecule has 180 valence electrons. The van der Waals surface area contributed by atoms with Crippen LogP contribution in [0.1, 0.15) is 99.3 Å². The van der Waals surface area contributed by atoms with Crippen LogP contribution in [0.15, 0.2) is 23.8 Å². The van der Waals surface area contributed by atoms with Gasteiger partial charge in [-0.1, -0.05) is 44.6 Å². The lowest BCUT2D eigenvalue weighted by Gasteiger charge is -2.58. The van der Waals surface area contributed by atoms with Gasteiger partial charge >= 0.3 is 5.97 Å². The first kappa shape index (κ1) is 24.0. The van der Waals surface area contributed by atoms with E-state index in [1.54, 1.807) is 12.5 Å². The monoisotopic (exact) mass is 442 g/mol. The smallest absolute Gasteiger partial charge is 0.302 e. The molecule has 0 aromatic heterocycles. The van der Waals surface area contributed by atoms with Crippen LogP contribution in [-0.2, 0) is 9.53 Å². The maximum Gasteiger partial charge on any atom is 0.302 e. The number of hydrogen-bond acceptors (Lipinski definition) is 3. The number of ether oxygens (including phenoxy) is 1. The number of hydrogen-bond donors (Lipinski definition) is 1. The van der Waals surface area contributed by atoms with E-state index < -0.39 is 5.60 Å². The molecule has 3 saturated carbocycles. The Morgan fingerprint density at radius 3 is 2.66 bits per heavy atom. The number of fused-ring (bicyclic) bond motifs is 5. The fraction of sp³-hybridized carbons (Fsp3) is 0.828. The molecule has 0 bridgehead atoms. The van der Waals surface area contributed by atoms with Crippen LogP contribution >= 0.6 is 0 Å². The van der Waals surface area contributed by atoms with Crippen molar-refractivity contribution in [3.63, 3.8) is 0 Å². The first-order valence-corrected chi connectivity index (χ1v) is 13.2. The molecule has 8 atom stereocenters. The average Bonchev–Trinajstić information content (AvgIpc) is 3.04. The highest BCUT2D eigenvalue weighted by Gasteiger charge is 2.59. The van der Waals surface area contributed by atoms with E-state index >= 15 is 0 Å². The van der Waals surface area contributed by atoms with Crippen molar-refractivity contribution in [1.82, 2.24) is 0 Å². The van der Waals surface area contributed by atoms with Crippen LogP contribution in [0, 0.1) is 40.4 Å². The second-order valence-electron chi connectivity index (χ2n) is 12.7. The first-order valence-electron chi connectivity index (χ1n) is 13.2. The lowest BCUT2D eigenvalue weighted by atomic mass is 9.47. The van der Waals surface area contributed by atoms with Gasteiger partial charge in [-0.25, -0.2) is 0 Å². The van der Waals surface area contributed by atoms with E-state index in [0.29, 0.717) is 16.7 Å². The molecular formula is C29H46O3. The van der Waals surface area contributed by atoms with Crippen molar-refractivity contribution in [2.75, 3.05) is 0 Å². The largest absolute Gasteiger partial charge is 0.462 e. The molecular weight excluding hydrogens is 396 g/mol. The Kier molecular flexibility index (Phi) is 6.46. The Hall–Kier alpha value is -1.09. The average molecular weight is 443 g/mol. The molecule has 0 heterocycles. The summed E-state index contributed by atoms with van der Waals surface area (Å²) in [6.07, 6.45) is 17.7. The van der Waals surface area contributed by atoms with Crippen molar-refractivity contribution in [2.45, 2.75) is 111 Å². The maximum absolute atomic E-state index is 11.5. The minimum Gasteiger partial charge on any atom is -0.462 e. The normalized spacial score (nSPS) is 42.6. The predicted molar refractivity (Wildman–Crippen MR) is 130 cm³/mol. The SMILES string of the molecule is CC(=O)OC1CCC2(C)C(=CCC3C2CCC2(C)C(C(C)CC=CC(C)(C)O)CCC32)C1. The van der Waals surface area contributed by atoms with E-state index in [2.05, 4.69) is 32.9 Å². The highest BCUT2D eigenvalue weighted by molar-refractivity contribution is 5.66. The molecule has 0 saturated heterocycles. The summed E-state index contributed by atoms with van der Waals surface area (Å²) in [6.45, 7) is 12.8. The molecule has 32 heavy (non-hydrogen) atoms. The number of carbonyl (C=O) groups is 1. The summed E-state index contributed by atoms with van der Waals surface area (Å²) < 4.78 is 5.60. The molecule has 0 spiro atoms. The van der Waals surface area contributed by atoms with Gasteiger partial charge in [0, 0.05) is 13.3 Å². The first-order chi connectivity index (χ1) is 14.9. The summed E-state index contributed by atoms with van der Waals surface area (Å²) in [7, 11) is 0. The molecule has 4 aliphatic carbocycles. The summed E-state index contributed by atoms with van der Waals surface area (Å²) >= 11 is 0. The van der Waals surface area contributed by atoms with Crippen molar-refractivity contribution in [2.24, 2.45) is 40.4 Å². The summed E-state index contributed by atoms with van der Waals surface area (Å²) in [5, 5.41) is 10.0. The van der Waals surface area contributed by atoms with Crippen LogP contribution in [0.25, 0.3) is 0 Å². The summed E-state index contributed by atoms with van der Waals surface area (Å²) in [5.41, 5.74) is 1.63. The summed E-state index contributed by atoms with van der Waals surface area (Å²) in [5.74, 6) is 3.78. The van der Waals surface area contributed by atoms with Crippen molar-refractivity contribution < 1.29 is 14.6 Å². The van der Waals surface area contributed by atoms with Gasteiger partial charge in [0.1, 0.15) is 6.10 Å². The topological polar surface area (TPSA) is 46.5 Å². The molecule has 4 rings (SSSR count). The quantitative estimate of drug-likeness (QED) is 0.374. The third-order valence-electron chi connectivity index (χ3n) is 10.2. The van der Waals surface area contributed by atoms with Crippen LogP contribution in [0.5, 0.6) is 0 Å². The van der Waals surface area contributed by atoms with E-state index in [9.17, 15) is 9.90 Å². The third-order valence-corrected chi connectivity index (χ3v) is 10.2. The summed E-state index contributed by atoms with van der Waals surface area (Å²) in [6, 6.07) is 0. The van der Waals surface area contributed by atoms with Gasteiger partial charge in [0.15, 0.2) is 0 Å². The molecule has 3 heteroatoms. The zero-order valence-electron chi connectivity index (χ0n) is 21.3. The van der Waals surface area contributed by atoms with Gasteiger partial charge in [0.2, 0.25) is 0 Å². The molecule has 0 radical (unpaired) electrons. The second kappa shape index (κ2) is 8.60. The van der Waals surface area contributed by atoms with E-state index in [0.717, 1.165) is 42.9 Å². The molecule has 0 aliphatic heterocycles. The van der Waals surface area contributed by atoms with Crippen molar-refractivity contribution in [1.29, 1.82) is 0 Å². The predicted octanol–water partition coefficient (Wildman–Crippen LogP) is 6.85. The third kappa shape index (κ3) is 4.36. The lowest BCUT2D eigenvalue weighted by Crippen LogP contribution is -2.51. The molecule has 3 nitrogen and oxygen atoms in total. The Balaban J connectivity index is 1.48. The van der Waals surface area contributed by atoms with E-state index in [4.69, 9.17) is 4.74 Å². The van der Waals surface area contributed by atoms with Gasteiger partial charge in [-0.15, -0.1) is 0 Å². The van der Waals surface area contributed by atoms with Crippen molar-refractivity contribution >= 4 is 5.97 Å². The Labute approximate surface area is 196 Å². The number of rotatable bonds is 5. The molecule has 0 aromatic rings. The Morgan fingerprint density at radius 2 is 1.97 bits per heavy atom. The Bertz CT molecular complexity index is 774. The zero-order valence-corrected chi connectivity index (χ0v) is 21.3. The van der Waals surface area contributed by atoms with Gasteiger partial charge in [-0.3, -0.25) is 4.79 Å². The number of esters is 1. The highest BCUT2D eigenvalue weighted by Crippen LogP contribution is 2.67. The van der Waals surface area contributed by atoms with E-state index in [-0.39, 0.29) is 12.1 Å². The minimum atomic E-state index is -0.712. The van der Waals surface area contributed by atoms with Crippen LogP contribution in [-0.4, -0.2) is 22.8 Å². The fourth-order valence-electron chi connectivity index (χ4n) is 8.67. The Morgan fingerprint density at radius 1 is 1.22 bits per heavy atom. The van der Waals surface area contributed by atoms with Crippen molar-refractivity contribution in [3.8, 4) is 0 Å². The van der Waals surface area contributed by atoms with Gasteiger partial charge < -0.3 is 9.84 Å². The van der Waals surface area contributed by atoms with Crippen LogP contribution < -0.4 is 0 Å². The molecule has 3 fully saturated rings. The highest BCUT2D eigenvalue weighted by atomic mass is 16.5. The van der Waals surface area contributed by atoms with Gasteiger partial charge in [0.05, 0.1) is 5.60 Å². The van der Waals surface area contributed by atoms with Gasteiger partial charge in [-0.2, -0.15) is 0 Å². The zero-order chi connectivity index (χ0) is 23.3. The van der Waals surface area contributed by atoms with Crippen LogP contribution in [0.3, 0.4) is 0 Å². The molecule has 0 amide bonds. The van der Waals surface area contributed by atoms with E-state index in [1.165, 1.54) is 38.5 Å². The summed E-state index contributed by atoms with van der Waals surface area (Å²) in [4.78, 5) is 11.5. The number of allylic oxidation sites excluding steroid dienone is 2. The van der Waals surface area contributed by atoms with Crippen LogP contribution in [0.2, 0.25) is 0 Å². The maximum atomic E-state index is 11.5. The van der Waals surface area contributed by atoms with Crippen LogP contribution in [0.4, 0.5) is 0 Å². The molecule has 8 unspecified atom stereocenters.